The van der Waals surface area contributed by atoms with Gasteiger partial charge in [-0.25, -0.2) is 4.99 Å². The minimum absolute atomic E-state index is 0.0238. The summed E-state index contributed by atoms with van der Waals surface area (Å²) in [6.45, 7) is 10.2. The number of fused-ring (bicyclic) bond motifs is 1. The zero-order valence-corrected chi connectivity index (χ0v) is 19.6. The first-order valence-electron chi connectivity index (χ1n) is 10.5. The summed E-state index contributed by atoms with van der Waals surface area (Å²) in [4.78, 5) is 24.4. The number of aromatic amines is 1. The van der Waals surface area contributed by atoms with Crippen molar-refractivity contribution in [2.75, 3.05) is 18.0 Å². The van der Waals surface area contributed by atoms with Crippen LogP contribution in [0, 0.1) is 26.7 Å². The third-order valence-corrected chi connectivity index (χ3v) is 6.82. The molecule has 30 heavy (non-hydrogen) atoms. The molecule has 2 aliphatic rings. The Labute approximate surface area is 186 Å². The number of likely N-dealkylation sites (tertiary alicyclic amines) is 1. The largest absolute Gasteiger partial charge is 0.481 e. The van der Waals surface area contributed by atoms with E-state index in [2.05, 4.69) is 76.7 Å². The van der Waals surface area contributed by atoms with Gasteiger partial charge in [-0.3, -0.25) is 14.6 Å². The summed E-state index contributed by atoms with van der Waals surface area (Å²) < 4.78 is 1.08. The molecule has 1 atom stereocenters. The quantitative estimate of drug-likeness (QED) is 0.619. The van der Waals surface area contributed by atoms with Crippen molar-refractivity contribution in [3.8, 4) is 0 Å². The fourth-order valence-corrected chi connectivity index (χ4v) is 5.62. The summed E-state index contributed by atoms with van der Waals surface area (Å²) in [7, 11) is 0. The number of carboxylic acid groups (broad SMARTS) is 1. The second-order valence-corrected chi connectivity index (χ2v) is 9.50. The van der Waals surface area contributed by atoms with Crippen LogP contribution in [0.25, 0.3) is 0 Å². The highest BCUT2D eigenvalue weighted by molar-refractivity contribution is 9.10. The van der Waals surface area contributed by atoms with E-state index in [-0.39, 0.29) is 18.5 Å². The van der Waals surface area contributed by atoms with Crippen molar-refractivity contribution in [1.29, 1.82) is 0 Å². The van der Waals surface area contributed by atoms with Crippen LogP contribution in [-0.2, 0) is 4.79 Å². The van der Waals surface area contributed by atoms with E-state index in [9.17, 15) is 4.79 Å². The SMILES string of the molecule is CC1=NC(N2CCC(CC(=O)O)CC2)c2c(C)c[nH]c2N1c1c(C)cc(Br)cc1C. The lowest BCUT2D eigenvalue weighted by molar-refractivity contribution is -0.138. The van der Waals surface area contributed by atoms with Crippen molar-refractivity contribution < 1.29 is 9.90 Å². The van der Waals surface area contributed by atoms with Gasteiger partial charge in [0.2, 0.25) is 0 Å². The number of piperidine rings is 1. The molecular weight excluding hydrogens is 444 g/mol. The van der Waals surface area contributed by atoms with E-state index in [4.69, 9.17) is 10.1 Å². The normalized spacial score (nSPS) is 20.2. The molecule has 2 N–H and O–H groups in total. The molecule has 2 aliphatic heterocycles. The molecule has 2 aromatic rings. The van der Waals surface area contributed by atoms with E-state index >= 15 is 0 Å². The number of H-pyrrole nitrogens is 1. The molecule has 0 spiro atoms. The standard InChI is InChI=1S/C23H29BrN4O2/c1-13-9-18(24)10-14(2)21(13)28-16(4)26-23(20-15(3)12-25-22(20)28)27-7-5-17(6-8-27)11-19(29)30/h9-10,12,17,23,25H,5-8,11H2,1-4H3,(H,29,30). The number of aliphatic carboxylic acids is 1. The Morgan fingerprint density at radius 2 is 1.80 bits per heavy atom. The maximum Gasteiger partial charge on any atom is 0.303 e. The van der Waals surface area contributed by atoms with Gasteiger partial charge in [-0.2, -0.15) is 0 Å². The van der Waals surface area contributed by atoms with Crippen LogP contribution in [0.4, 0.5) is 11.5 Å². The van der Waals surface area contributed by atoms with Crippen molar-refractivity contribution in [3.63, 3.8) is 0 Å². The summed E-state index contributed by atoms with van der Waals surface area (Å²) in [6.07, 6.45) is 4.13. The van der Waals surface area contributed by atoms with Crippen molar-refractivity contribution in [3.05, 3.63) is 45.1 Å². The minimum Gasteiger partial charge on any atom is -0.481 e. The van der Waals surface area contributed by atoms with E-state index in [0.29, 0.717) is 0 Å². The molecule has 0 saturated carbocycles. The zero-order chi connectivity index (χ0) is 21.6. The van der Waals surface area contributed by atoms with Crippen LogP contribution < -0.4 is 4.90 Å². The molecule has 6 nitrogen and oxygen atoms in total. The van der Waals surface area contributed by atoms with Crippen molar-refractivity contribution in [2.45, 2.75) is 53.1 Å². The number of aryl methyl sites for hydroxylation is 3. The molecular formula is C23H29BrN4O2. The van der Waals surface area contributed by atoms with Crippen molar-refractivity contribution in [2.24, 2.45) is 10.9 Å². The zero-order valence-electron chi connectivity index (χ0n) is 18.0. The average Bonchev–Trinajstić information content (AvgIpc) is 3.04. The molecule has 160 valence electrons. The number of halogens is 1. The molecule has 1 aromatic carbocycles. The van der Waals surface area contributed by atoms with Gasteiger partial charge in [0.15, 0.2) is 0 Å². The maximum atomic E-state index is 11.1. The number of nitrogens with one attached hydrogen (secondary N) is 1. The number of nitrogens with zero attached hydrogens (tertiary/aromatic N) is 3. The predicted octanol–water partition coefficient (Wildman–Crippen LogP) is 5.46. The molecule has 7 heteroatoms. The lowest BCUT2D eigenvalue weighted by Gasteiger charge is -2.40. The highest BCUT2D eigenvalue weighted by Crippen LogP contribution is 2.44. The molecule has 1 saturated heterocycles. The monoisotopic (exact) mass is 472 g/mol. The Balaban J connectivity index is 1.68. The number of carboxylic acids is 1. The summed E-state index contributed by atoms with van der Waals surface area (Å²) >= 11 is 3.60. The highest BCUT2D eigenvalue weighted by atomic mass is 79.9. The molecule has 1 aromatic heterocycles. The van der Waals surface area contributed by atoms with Crippen LogP contribution in [-0.4, -0.2) is 39.9 Å². The van der Waals surface area contributed by atoms with E-state index in [0.717, 1.165) is 42.1 Å². The van der Waals surface area contributed by atoms with Gasteiger partial charge in [-0.15, -0.1) is 0 Å². The van der Waals surface area contributed by atoms with Gasteiger partial charge in [-0.1, -0.05) is 15.9 Å². The lowest BCUT2D eigenvalue weighted by atomic mass is 9.92. The fraction of sp³-hybridized carbons (Fsp3) is 0.478. The van der Waals surface area contributed by atoms with Gasteiger partial charge < -0.3 is 10.1 Å². The topological polar surface area (TPSA) is 71.9 Å². The van der Waals surface area contributed by atoms with Crippen LogP contribution in [0.2, 0.25) is 0 Å². The van der Waals surface area contributed by atoms with Crippen molar-refractivity contribution >= 4 is 39.2 Å². The number of aliphatic imine (C=N–C) groups is 1. The van der Waals surface area contributed by atoms with Crippen molar-refractivity contribution in [1.82, 2.24) is 9.88 Å². The Bertz CT molecular complexity index is 982. The third-order valence-electron chi connectivity index (χ3n) is 6.36. The number of amidine groups is 1. The van der Waals surface area contributed by atoms with Gasteiger partial charge in [0.05, 0.1) is 5.69 Å². The number of anilines is 2. The lowest BCUT2D eigenvalue weighted by Crippen LogP contribution is -2.40. The van der Waals surface area contributed by atoms with Gasteiger partial charge in [-0.05, 0) is 75.3 Å². The summed E-state index contributed by atoms with van der Waals surface area (Å²) in [5.41, 5.74) is 5.99. The number of carbonyl (C=O) groups is 1. The predicted molar refractivity (Wildman–Crippen MR) is 124 cm³/mol. The number of rotatable bonds is 4. The van der Waals surface area contributed by atoms with Crippen LogP contribution in [0.5, 0.6) is 0 Å². The fourth-order valence-electron chi connectivity index (χ4n) is 4.93. The number of aromatic nitrogens is 1. The molecule has 4 rings (SSSR count). The smallest absolute Gasteiger partial charge is 0.303 e. The Morgan fingerprint density at radius 1 is 1.17 bits per heavy atom. The summed E-state index contributed by atoms with van der Waals surface area (Å²) in [5.74, 6) is 1.63. The molecule has 0 amide bonds. The van der Waals surface area contributed by atoms with E-state index in [1.165, 1.54) is 27.9 Å². The highest BCUT2D eigenvalue weighted by Gasteiger charge is 2.36. The minimum atomic E-state index is -0.695. The van der Waals surface area contributed by atoms with Crippen LogP contribution in [0.15, 0.2) is 27.8 Å². The van der Waals surface area contributed by atoms with Crippen LogP contribution >= 0.6 is 15.9 Å². The van der Waals surface area contributed by atoms with E-state index < -0.39 is 5.97 Å². The molecule has 1 fully saturated rings. The first-order chi connectivity index (χ1) is 14.3. The molecule has 3 heterocycles. The number of hydrogen-bond acceptors (Lipinski definition) is 4. The Hall–Kier alpha value is -2.12. The Morgan fingerprint density at radius 3 is 2.40 bits per heavy atom. The van der Waals surface area contributed by atoms with Gasteiger partial charge in [0.1, 0.15) is 17.8 Å². The third kappa shape index (κ3) is 3.81. The Kier molecular flexibility index (Phi) is 5.77. The van der Waals surface area contributed by atoms with E-state index in [1.807, 2.05) is 0 Å². The molecule has 0 radical (unpaired) electrons. The van der Waals surface area contributed by atoms with Gasteiger partial charge >= 0.3 is 5.97 Å². The van der Waals surface area contributed by atoms with Gasteiger partial charge in [0.25, 0.3) is 0 Å². The van der Waals surface area contributed by atoms with E-state index in [1.54, 1.807) is 0 Å². The molecule has 0 bridgehead atoms. The maximum absolute atomic E-state index is 11.1. The average molecular weight is 473 g/mol. The second-order valence-electron chi connectivity index (χ2n) is 8.58. The van der Waals surface area contributed by atoms with Gasteiger partial charge in [0, 0.05) is 35.7 Å². The summed E-state index contributed by atoms with van der Waals surface area (Å²) in [5, 5.41) is 9.11. The number of hydrogen-bond donors (Lipinski definition) is 2. The molecule has 1 unspecified atom stereocenters. The first kappa shape index (κ1) is 21.1. The summed E-state index contributed by atoms with van der Waals surface area (Å²) in [6, 6.07) is 4.29. The van der Waals surface area contributed by atoms with Crippen LogP contribution in [0.1, 0.15) is 54.6 Å². The number of benzene rings is 1. The second kappa shape index (κ2) is 8.19. The van der Waals surface area contributed by atoms with Crippen LogP contribution in [0.3, 0.4) is 0 Å². The first-order valence-corrected chi connectivity index (χ1v) is 11.3. The molecule has 0 aliphatic carbocycles.